The highest BCUT2D eigenvalue weighted by atomic mass is 16.7. The van der Waals surface area contributed by atoms with Crippen molar-refractivity contribution in [3.05, 3.63) is 29.8 Å². The van der Waals surface area contributed by atoms with Crippen LogP contribution < -0.4 is 4.74 Å². The van der Waals surface area contributed by atoms with Crippen molar-refractivity contribution in [1.82, 2.24) is 4.90 Å². The largest absolute Gasteiger partial charge is 0.496 e. The molecule has 2 heterocycles. The third-order valence-corrected chi connectivity index (χ3v) is 4.13. The quantitative estimate of drug-likeness (QED) is 0.856. The number of rotatable bonds is 3. The summed E-state index contributed by atoms with van der Waals surface area (Å²) in [5.74, 6) is 0.784. The Morgan fingerprint density at radius 2 is 2.05 bits per heavy atom. The predicted molar refractivity (Wildman–Crippen MR) is 79.5 cm³/mol. The van der Waals surface area contributed by atoms with Gasteiger partial charge in [0.25, 0.3) is 5.91 Å². The first-order chi connectivity index (χ1) is 10.1. The van der Waals surface area contributed by atoms with Gasteiger partial charge in [0.05, 0.1) is 12.8 Å². The average Bonchev–Trinajstić information content (AvgIpc) is 3.17. The minimum atomic E-state index is -0.888. The van der Waals surface area contributed by atoms with Crippen LogP contribution in [0.25, 0.3) is 0 Å². The summed E-state index contributed by atoms with van der Waals surface area (Å²) in [4.78, 5) is 20.0. The van der Waals surface area contributed by atoms with Crippen LogP contribution in [0.2, 0.25) is 0 Å². The molecule has 0 unspecified atom stereocenters. The van der Waals surface area contributed by atoms with Crippen LogP contribution in [0.1, 0.15) is 31.7 Å². The Kier molecular flexibility index (Phi) is 3.57. The van der Waals surface area contributed by atoms with E-state index in [1.165, 1.54) is 0 Å². The fourth-order valence-corrected chi connectivity index (χ4v) is 2.94. The van der Waals surface area contributed by atoms with E-state index in [0.29, 0.717) is 6.42 Å². The molecule has 1 atom stereocenters. The van der Waals surface area contributed by atoms with Crippen molar-refractivity contribution < 1.29 is 14.4 Å². The first-order valence-electron chi connectivity index (χ1n) is 7.32. The van der Waals surface area contributed by atoms with Crippen molar-refractivity contribution in [2.45, 2.75) is 31.8 Å². The highest BCUT2D eigenvalue weighted by molar-refractivity contribution is 6.07. The zero-order chi connectivity index (χ0) is 14.9. The lowest BCUT2D eigenvalue weighted by atomic mass is 9.94. The van der Waals surface area contributed by atoms with E-state index in [1.807, 2.05) is 36.1 Å². The number of methoxy groups -OCH3 is 1. The summed E-state index contributed by atoms with van der Waals surface area (Å²) < 4.78 is 5.35. The summed E-state index contributed by atoms with van der Waals surface area (Å²) >= 11 is 0. The van der Waals surface area contributed by atoms with E-state index >= 15 is 0 Å². The topological polar surface area (TPSA) is 51.1 Å². The maximum absolute atomic E-state index is 12.6. The highest BCUT2D eigenvalue weighted by Crippen LogP contribution is 2.32. The molecule has 0 aromatic heterocycles. The number of hydrogen-bond donors (Lipinski definition) is 0. The van der Waals surface area contributed by atoms with Gasteiger partial charge in [-0.25, -0.2) is 0 Å². The molecule has 1 aromatic rings. The Balaban J connectivity index is 1.78. The van der Waals surface area contributed by atoms with Gasteiger partial charge < -0.3 is 14.5 Å². The molecule has 112 valence electrons. The van der Waals surface area contributed by atoms with Gasteiger partial charge in [0.1, 0.15) is 5.75 Å². The number of amides is 1. The van der Waals surface area contributed by atoms with Gasteiger partial charge in [-0.2, -0.15) is 0 Å². The zero-order valence-electron chi connectivity index (χ0n) is 12.5. The van der Waals surface area contributed by atoms with E-state index in [0.717, 1.165) is 43.0 Å². The lowest BCUT2D eigenvalue weighted by Gasteiger charge is -2.26. The molecule has 0 radical (unpaired) electrons. The van der Waals surface area contributed by atoms with Crippen molar-refractivity contribution >= 4 is 11.6 Å². The number of likely N-dealkylation sites (tertiary alicyclic amines) is 1. The summed E-state index contributed by atoms with van der Waals surface area (Å²) in [6.07, 6.45) is 2.62. The van der Waals surface area contributed by atoms with Gasteiger partial charge in [-0.3, -0.25) is 4.79 Å². The molecule has 0 saturated carbocycles. The number of para-hydroxylation sites is 1. The third kappa shape index (κ3) is 2.48. The normalized spacial score (nSPS) is 24.7. The number of carbonyl (C=O) groups is 1. The SMILES string of the molecule is COc1ccccc1C1=NO[C@](C)(C(=O)N2CCCC2)C1. The maximum atomic E-state index is 12.6. The molecule has 2 aliphatic heterocycles. The molecule has 5 heteroatoms. The van der Waals surface area contributed by atoms with Crippen LogP contribution in [0, 0.1) is 0 Å². The van der Waals surface area contributed by atoms with Gasteiger partial charge in [0.2, 0.25) is 5.60 Å². The van der Waals surface area contributed by atoms with Crippen LogP contribution in [0.4, 0.5) is 0 Å². The van der Waals surface area contributed by atoms with Crippen molar-refractivity contribution in [2.75, 3.05) is 20.2 Å². The smallest absolute Gasteiger partial charge is 0.269 e. The molecular formula is C16H20N2O3. The summed E-state index contributed by atoms with van der Waals surface area (Å²) in [6, 6.07) is 7.66. The van der Waals surface area contributed by atoms with Crippen molar-refractivity contribution in [1.29, 1.82) is 0 Å². The molecule has 0 spiro atoms. The van der Waals surface area contributed by atoms with E-state index in [4.69, 9.17) is 9.57 Å². The second-order valence-corrected chi connectivity index (χ2v) is 5.74. The highest BCUT2D eigenvalue weighted by Gasteiger charge is 2.45. The van der Waals surface area contributed by atoms with Gasteiger partial charge >= 0.3 is 0 Å². The van der Waals surface area contributed by atoms with Gasteiger partial charge in [0, 0.05) is 25.1 Å². The summed E-state index contributed by atoms with van der Waals surface area (Å²) in [7, 11) is 1.63. The summed E-state index contributed by atoms with van der Waals surface area (Å²) in [5.41, 5.74) is 0.765. The molecule has 2 aliphatic rings. The maximum Gasteiger partial charge on any atom is 0.269 e. The summed E-state index contributed by atoms with van der Waals surface area (Å²) in [5, 5.41) is 4.15. The van der Waals surface area contributed by atoms with E-state index in [1.54, 1.807) is 7.11 Å². The second kappa shape index (κ2) is 5.39. The number of benzene rings is 1. The molecular weight excluding hydrogens is 268 g/mol. The standard InChI is InChI=1S/C16H20N2O3/c1-16(15(19)18-9-5-6-10-18)11-13(17-21-16)12-7-3-4-8-14(12)20-2/h3-4,7-8H,5-6,9-11H2,1-2H3/t16-/m0/s1. The number of oxime groups is 1. The molecule has 0 aliphatic carbocycles. The monoisotopic (exact) mass is 288 g/mol. The predicted octanol–water partition coefficient (Wildman–Crippen LogP) is 2.20. The van der Waals surface area contributed by atoms with Crippen molar-refractivity contribution in [2.24, 2.45) is 5.16 Å². The van der Waals surface area contributed by atoms with E-state index < -0.39 is 5.60 Å². The Labute approximate surface area is 124 Å². The third-order valence-electron chi connectivity index (χ3n) is 4.13. The average molecular weight is 288 g/mol. The Bertz CT molecular complexity index is 579. The summed E-state index contributed by atoms with van der Waals surface area (Å²) in [6.45, 7) is 3.46. The number of carbonyl (C=O) groups excluding carboxylic acids is 1. The van der Waals surface area contributed by atoms with E-state index in [2.05, 4.69) is 5.16 Å². The lowest BCUT2D eigenvalue weighted by Crippen LogP contribution is -2.46. The van der Waals surface area contributed by atoms with Gasteiger partial charge in [-0.1, -0.05) is 17.3 Å². The number of ether oxygens (including phenoxy) is 1. The Morgan fingerprint density at radius 3 is 2.76 bits per heavy atom. The van der Waals surface area contributed by atoms with Crippen LogP contribution in [0.15, 0.2) is 29.4 Å². The lowest BCUT2D eigenvalue weighted by molar-refractivity contribution is -0.152. The molecule has 0 N–H and O–H groups in total. The van der Waals surface area contributed by atoms with Crippen LogP contribution in [-0.2, 0) is 9.63 Å². The number of nitrogens with zero attached hydrogens (tertiary/aromatic N) is 2. The molecule has 1 amide bonds. The van der Waals surface area contributed by atoms with Crippen molar-refractivity contribution in [3.63, 3.8) is 0 Å². The Morgan fingerprint density at radius 1 is 1.33 bits per heavy atom. The molecule has 1 fully saturated rings. The van der Waals surface area contributed by atoms with Crippen LogP contribution in [0.3, 0.4) is 0 Å². The van der Waals surface area contributed by atoms with E-state index in [-0.39, 0.29) is 5.91 Å². The molecule has 1 aromatic carbocycles. The van der Waals surface area contributed by atoms with Crippen molar-refractivity contribution in [3.8, 4) is 5.75 Å². The first-order valence-corrected chi connectivity index (χ1v) is 7.32. The molecule has 5 nitrogen and oxygen atoms in total. The Hall–Kier alpha value is -2.04. The van der Waals surface area contributed by atoms with Crippen LogP contribution >= 0.6 is 0 Å². The van der Waals surface area contributed by atoms with Crippen LogP contribution in [0.5, 0.6) is 5.75 Å². The second-order valence-electron chi connectivity index (χ2n) is 5.74. The van der Waals surface area contributed by atoms with Gasteiger partial charge in [0.15, 0.2) is 0 Å². The molecule has 3 rings (SSSR count). The fourth-order valence-electron chi connectivity index (χ4n) is 2.94. The molecule has 21 heavy (non-hydrogen) atoms. The minimum absolute atomic E-state index is 0.0358. The molecule has 1 saturated heterocycles. The van der Waals surface area contributed by atoms with Crippen LogP contribution in [-0.4, -0.2) is 42.3 Å². The van der Waals surface area contributed by atoms with E-state index in [9.17, 15) is 4.79 Å². The van der Waals surface area contributed by atoms with Gasteiger partial charge in [-0.05, 0) is 31.9 Å². The first kappa shape index (κ1) is 13.9. The molecule has 0 bridgehead atoms. The number of hydrogen-bond acceptors (Lipinski definition) is 4. The minimum Gasteiger partial charge on any atom is -0.496 e. The van der Waals surface area contributed by atoms with Gasteiger partial charge in [-0.15, -0.1) is 0 Å². The zero-order valence-corrected chi connectivity index (χ0v) is 12.5. The fraction of sp³-hybridized carbons (Fsp3) is 0.500.